The molecule has 0 bridgehead atoms. The second-order valence-corrected chi connectivity index (χ2v) is 4.83. The maximum absolute atomic E-state index is 10.7. The number of benzene rings is 1. The number of fused-ring (bicyclic) bond motifs is 1. The average molecular weight is 231 g/mol. The highest BCUT2D eigenvalue weighted by Crippen LogP contribution is 2.19. The number of rotatable bonds is 4. The maximum atomic E-state index is 10.7. The molecule has 0 aliphatic rings. The molecule has 0 saturated carbocycles. The molecule has 0 aliphatic heterocycles. The Morgan fingerprint density at radius 2 is 2.12 bits per heavy atom. The van der Waals surface area contributed by atoms with E-state index in [1.807, 2.05) is 18.2 Å². The van der Waals surface area contributed by atoms with Crippen molar-refractivity contribution in [2.24, 2.45) is 5.92 Å². The second-order valence-electron chi connectivity index (χ2n) is 4.83. The molecular weight excluding hydrogens is 214 g/mol. The highest BCUT2D eigenvalue weighted by Gasteiger charge is 2.06. The number of nitrogens with zero attached hydrogens (tertiary/aromatic N) is 1. The van der Waals surface area contributed by atoms with Gasteiger partial charge in [-0.2, -0.15) is 0 Å². The van der Waals surface area contributed by atoms with Crippen molar-refractivity contribution in [2.75, 3.05) is 0 Å². The molecule has 2 rings (SSSR count). The molecule has 1 heterocycles. The Labute approximate surface area is 101 Å². The van der Waals surface area contributed by atoms with Crippen molar-refractivity contribution in [3.8, 4) is 0 Å². The Kier molecular flexibility index (Phi) is 3.18. The third-order valence-corrected chi connectivity index (χ3v) is 2.76. The molecule has 17 heavy (non-hydrogen) atoms. The lowest BCUT2D eigenvalue weighted by molar-refractivity contribution is -0.136. The second kappa shape index (κ2) is 4.62. The molecule has 0 aliphatic carbocycles. The van der Waals surface area contributed by atoms with E-state index in [0.29, 0.717) is 5.92 Å². The highest BCUT2D eigenvalue weighted by molar-refractivity contribution is 5.82. The van der Waals surface area contributed by atoms with Crippen LogP contribution in [0.2, 0.25) is 0 Å². The summed E-state index contributed by atoms with van der Waals surface area (Å²) in [5.74, 6) is -0.208. The standard InChI is InChI=1S/C14H17NO2/c1-10(2)9-15-6-5-12-4-3-11(7-13(12)15)8-14(16)17/h3-7,10H,8-9H2,1-2H3,(H,16,17). The Balaban J connectivity index is 2.39. The molecule has 1 aromatic carbocycles. The van der Waals surface area contributed by atoms with Gasteiger partial charge in [-0.05, 0) is 29.0 Å². The lowest BCUT2D eigenvalue weighted by Gasteiger charge is -2.09. The van der Waals surface area contributed by atoms with E-state index in [1.54, 1.807) is 0 Å². The fraction of sp³-hybridized carbons (Fsp3) is 0.357. The first-order valence-corrected chi connectivity index (χ1v) is 5.86. The zero-order valence-electron chi connectivity index (χ0n) is 10.2. The van der Waals surface area contributed by atoms with E-state index in [2.05, 4.69) is 30.7 Å². The molecule has 0 unspecified atom stereocenters. The van der Waals surface area contributed by atoms with E-state index < -0.39 is 5.97 Å². The van der Waals surface area contributed by atoms with Crippen LogP contribution >= 0.6 is 0 Å². The normalized spacial score (nSPS) is 11.2. The van der Waals surface area contributed by atoms with Gasteiger partial charge in [0.25, 0.3) is 0 Å². The minimum atomic E-state index is -0.786. The van der Waals surface area contributed by atoms with E-state index in [9.17, 15) is 4.79 Å². The van der Waals surface area contributed by atoms with Crippen LogP contribution < -0.4 is 0 Å². The minimum Gasteiger partial charge on any atom is -0.481 e. The fourth-order valence-corrected chi connectivity index (χ4v) is 2.07. The quantitative estimate of drug-likeness (QED) is 0.879. The van der Waals surface area contributed by atoms with Crippen molar-refractivity contribution < 1.29 is 9.90 Å². The molecule has 3 nitrogen and oxygen atoms in total. The van der Waals surface area contributed by atoms with Crippen molar-refractivity contribution >= 4 is 16.9 Å². The molecule has 0 fully saturated rings. The molecule has 0 amide bonds. The molecule has 0 radical (unpaired) electrons. The van der Waals surface area contributed by atoms with Crippen LogP contribution in [0.5, 0.6) is 0 Å². The molecule has 90 valence electrons. The molecular formula is C14H17NO2. The first-order valence-electron chi connectivity index (χ1n) is 5.86. The Bertz CT molecular complexity index is 540. The van der Waals surface area contributed by atoms with Gasteiger partial charge in [0, 0.05) is 18.3 Å². The van der Waals surface area contributed by atoms with Gasteiger partial charge in [-0.15, -0.1) is 0 Å². The predicted molar refractivity (Wildman–Crippen MR) is 68.1 cm³/mol. The summed E-state index contributed by atoms with van der Waals surface area (Å²) in [5.41, 5.74) is 1.98. The first kappa shape index (κ1) is 11.7. The van der Waals surface area contributed by atoms with Crippen molar-refractivity contribution in [2.45, 2.75) is 26.8 Å². The Hall–Kier alpha value is -1.77. The van der Waals surface area contributed by atoms with Crippen LogP contribution in [0, 0.1) is 5.92 Å². The molecule has 1 N–H and O–H groups in total. The summed E-state index contributed by atoms with van der Waals surface area (Å²) >= 11 is 0. The van der Waals surface area contributed by atoms with Gasteiger partial charge in [-0.1, -0.05) is 26.0 Å². The van der Waals surface area contributed by atoms with Crippen molar-refractivity contribution in [1.29, 1.82) is 0 Å². The monoisotopic (exact) mass is 231 g/mol. The molecule has 0 saturated heterocycles. The van der Waals surface area contributed by atoms with Gasteiger partial charge in [-0.25, -0.2) is 0 Å². The lowest BCUT2D eigenvalue weighted by atomic mass is 10.1. The van der Waals surface area contributed by atoms with Crippen LogP contribution in [0.15, 0.2) is 30.5 Å². The highest BCUT2D eigenvalue weighted by atomic mass is 16.4. The fourth-order valence-electron chi connectivity index (χ4n) is 2.07. The van der Waals surface area contributed by atoms with E-state index in [-0.39, 0.29) is 6.42 Å². The Morgan fingerprint density at radius 1 is 1.35 bits per heavy atom. The van der Waals surface area contributed by atoms with Crippen LogP contribution in [0.3, 0.4) is 0 Å². The van der Waals surface area contributed by atoms with Gasteiger partial charge in [0.1, 0.15) is 0 Å². The lowest BCUT2D eigenvalue weighted by Crippen LogP contribution is -2.04. The van der Waals surface area contributed by atoms with Gasteiger partial charge in [-0.3, -0.25) is 4.79 Å². The number of aliphatic carboxylic acids is 1. The third-order valence-electron chi connectivity index (χ3n) is 2.76. The summed E-state index contributed by atoms with van der Waals surface area (Å²) in [7, 11) is 0. The molecule has 3 heteroatoms. The summed E-state index contributed by atoms with van der Waals surface area (Å²) in [5, 5.41) is 9.96. The number of hydrogen-bond donors (Lipinski definition) is 1. The summed E-state index contributed by atoms with van der Waals surface area (Å²) in [6.07, 6.45) is 2.15. The van der Waals surface area contributed by atoms with Gasteiger partial charge < -0.3 is 9.67 Å². The summed E-state index contributed by atoms with van der Waals surface area (Å²) < 4.78 is 2.19. The number of hydrogen-bond acceptors (Lipinski definition) is 1. The summed E-state index contributed by atoms with van der Waals surface area (Å²) in [4.78, 5) is 10.7. The van der Waals surface area contributed by atoms with Gasteiger partial charge in [0.15, 0.2) is 0 Å². The predicted octanol–water partition coefficient (Wildman–Crippen LogP) is 2.92. The number of aromatic nitrogens is 1. The third kappa shape index (κ3) is 2.67. The Morgan fingerprint density at radius 3 is 2.76 bits per heavy atom. The van der Waals surface area contributed by atoms with Crippen molar-refractivity contribution in [3.05, 3.63) is 36.0 Å². The smallest absolute Gasteiger partial charge is 0.307 e. The number of carbonyl (C=O) groups is 1. The first-order chi connectivity index (χ1) is 8.06. The molecule has 0 spiro atoms. The largest absolute Gasteiger partial charge is 0.481 e. The van der Waals surface area contributed by atoms with Crippen LogP contribution in [0.1, 0.15) is 19.4 Å². The van der Waals surface area contributed by atoms with E-state index in [4.69, 9.17) is 5.11 Å². The topological polar surface area (TPSA) is 42.2 Å². The van der Waals surface area contributed by atoms with E-state index >= 15 is 0 Å². The van der Waals surface area contributed by atoms with Gasteiger partial charge >= 0.3 is 5.97 Å². The van der Waals surface area contributed by atoms with Crippen LogP contribution in [0.25, 0.3) is 10.9 Å². The maximum Gasteiger partial charge on any atom is 0.307 e. The SMILES string of the molecule is CC(C)Cn1ccc2ccc(CC(=O)O)cc21. The van der Waals surface area contributed by atoms with Crippen LogP contribution in [-0.2, 0) is 17.8 Å². The van der Waals surface area contributed by atoms with E-state index in [1.165, 1.54) is 5.39 Å². The van der Waals surface area contributed by atoms with Crippen LogP contribution in [-0.4, -0.2) is 15.6 Å². The molecule has 0 atom stereocenters. The summed E-state index contributed by atoms with van der Waals surface area (Å²) in [6, 6.07) is 7.93. The summed E-state index contributed by atoms with van der Waals surface area (Å²) in [6.45, 7) is 5.31. The van der Waals surface area contributed by atoms with E-state index in [0.717, 1.165) is 17.6 Å². The zero-order chi connectivity index (χ0) is 12.4. The van der Waals surface area contributed by atoms with Crippen LogP contribution in [0.4, 0.5) is 0 Å². The molecule has 1 aromatic heterocycles. The van der Waals surface area contributed by atoms with Gasteiger partial charge in [0.2, 0.25) is 0 Å². The van der Waals surface area contributed by atoms with Crippen molar-refractivity contribution in [1.82, 2.24) is 4.57 Å². The number of carboxylic acid groups (broad SMARTS) is 1. The van der Waals surface area contributed by atoms with Gasteiger partial charge in [0.05, 0.1) is 6.42 Å². The average Bonchev–Trinajstić information content (AvgIpc) is 2.59. The number of carboxylic acids is 1. The van der Waals surface area contributed by atoms with Crippen molar-refractivity contribution in [3.63, 3.8) is 0 Å². The molecule has 2 aromatic rings. The minimum absolute atomic E-state index is 0.0861. The zero-order valence-corrected chi connectivity index (χ0v) is 10.2.